The molecule has 0 bridgehead atoms. The van der Waals surface area contributed by atoms with Crippen LogP contribution in [0.15, 0.2) is 24.3 Å². The molecule has 5 nitrogen and oxygen atoms in total. The van der Waals surface area contributed by atoms with Crippen molar-refractivity contribution in [1.29, 1.82) is 0 Å². The van der Waals surface area contributed by atoms with Crippen molar-refractivity contribution in [1.82, 2.24) is 10.2 Å². The van der Waals surface area contributed by atoms with Gasteiger partial charge in [0.1, 0.15) is 0 Å². The summed E-state index contributed by atoms with van der Waals surface area (Å²) in [5.41, 5.74) is 1.71. The van der Waals surface area contributed by atoms with E-state index in [1.807, 2.05) is 29.2 Å². The number of nitrogens with zero attached hydrogens (tertiary/aromatic N) is 1. The van der Waals surface area contributed by atoms with Crippen LogP contribution in [0.2, 0.25) is 0 Å². The van der Waals surface area contributed by atoms with Crippen LogP contribution in [0.1, 0.15) is 41.6 Å². The maximum atomic E-state index is 12.1. The fourth-order valence-corrected chi connectivity index (χ4v) is 2.97. The Labute approximate surface area is 130 Å². The van der Waals surface area contributed by atoms with Crippen molar-refractivity contribution in [3.63, 3.8) is 0 Å². The zero-order chi connectivity index (χ0) is 15.4. The molecule has 0 aliphatic carbocycles. The minimum absolute atomic E-state index is 0.0701. The topological polar surface area (TPSA) is 58.6 Å². The molecule has 2 aliphatic heterocycles. The molecule has 0 unspecified atom stereocenters. The second-order valence-corrected chi connectivity index (χ2v) is 5.96. The first-order valence-corrected chi connectivity index (χ1v) is 7.99. The average Bonchev–Trinajstić information content (AvgIpc) is 3.18. The molecule has 118 valence electrons. The summed E-state index contributed by atoms with van der Waals surface area (Å²) in [6.45, 7) is 2.84. The van der Waals surface area contributed by atoms with E-state index in [1.165, 1.54) is 0 Å². The minimum Gasteiger partial charge on any atom is -0.376 e. The predicted octanol–water partition coefficient (Wildman–Crippen LogP) is 1.72. The van der Waals surface area contributed by atoms with Gasteiger partial charge in [-0.15, -0.1) is 0 Å². The standard InChI is InChI=1S/C17H22N2O3/c20-16-4-1-9-19(16)12-13-5-7-14(8-6-13)17(21)18-11-15-3-2-10-22-15/h5-8,15H,1-4,9-12H2,(H,18,21)/t15-/m1/s1. The third-order valence-electron chi connectivity index (χ3n) is 4.28. The summed E-state index contributed by atoms with van der Waals surface area (Å²) in [6.07, 6.45) is 3.85. The van der Waals surface area contributed by atoms with Gasteiger partial charge in [0.25, 0.3) is 5.91 Å². The third-order valence-corrected chi connectivity index (χ3v) is 4.28. The molecule has 2 saturated heterocycles. The van der Waals surface area contributed by atoms with E-state index >= 15 is 0 Å². The fraction of sp³-hybridized carbons (Fsp3) is 0.529. The molecule has 3 rings (SSSR count). The number of carbonyl (C=O) groups is 2. The van der Waals surface area contributed by atoms with Gasteiger partial charge in [0.05, 0.1) is 6.10 Å². The van der Waals surface area contributed by atoms with Crippen molar-refractivity contribution >= 4 is 11.8 Å². The maximum absolute atomic E-state index is 12.1. The molecule has 1 N–H and O–H groups in total. The van der Waals surface area contributed by atoms with E-state index in [-0.39, 0.29) is 17.9 Å². The Kier molecular flexibility index (Phi) is 4.73. The Morgan fingerprint density at radius 2 is 2.09 bits per heavy atom. The van der Waals surface area contributed by atoms with Crippen LogP contribution < -0.4 is 5.32 Å². The summed E-state index contributed by atoms with van der Waals surface area (Å²) in [5, 5.41) is 2.91. The number of likely N-dealkylation sites (tertiary alicyclic amines) is 1. The Morgan fingerprint density at radius 3 is 2.73 bits per heavy atom. The quantitative estimate of drug-likeness (QED) is 0.901. The second kappa shape index (κ2) is 6.92. The molecule has 0 spiro atoms. The van der Waals surface area contributed by atoms with Gasteiger partial charge in [0.15, 0.2) is 0 Å². The summed E-state index contributed by atoms with van der Waals surface area (Å²) in [7, 11) is 0. The maximum Gasteiger partial charge on any atom is 0.251 e. The molecule has 22 heavy (non-hydrogen) atoms. The van der Waals surface area contributed by atoms with Gasteiger partial charge < -0.3 is 15.0 Å². The first kappa shape index (κ1) is 15.0. The SMILES string of the molecule is O=C(NC[C@H]1CCCO1)c1ccc(CN2CCCC2=O)cc1. The number of rotatable bonds is 5. The molecule has 2 aliphatic rings. The average molecular weight is 302 g/mol. The van der Waals surface area contributed by atoms with Crippen LogP contribution in [0.5, 0.6) is 0 Å². The van der Waals surface area contributed by atoms with E-state index in [1.54, 1.807) is 0 Å². The first-order valence-electron chi connectivity index (χ1n) is 7.99. The van der Waals surface area contributed by atoms with Crippen LogP contribution in [0.3, 0.4) is 0 Å². The molecular weight excluding hydrogens is 280 g/mol. The van der Waals surface area contributed by atoms with E-state index < -0.39 is 0 Å². The monoisotopic (exact) mass is 302 g/mol. The highest BCUT2D eigenvalue weighted by Crippen LogP contribution is 2.15. The van der Waals surface area contributed by atoms with Gasteiger partial charge in [-0.05, 0) is 37.0 Å². The van der Waals surface area contributed by atoms with E-state index in [0.29, 0.717) is 25.1 Å². The highest BCUT2D eigenvalue weighted by atomic mass is 16.5. The van der Waals surface area contributed by atoms with Crippen LogP contribution in [-0.2, 0) is 16.1 Å². The number of benzene rings is 1. The number of amides is 2. The van der Waals surface area contributed by atoms with Gasteiger partial charge >= 0.3 is 0 Å². The number of hydrogen-bond donors (Lipinski definition) is 1. The van der Waals surface area contributed by atoms with Crippen molar-refractivity contribution in [3.05, 3.63) is 35.4 Å². The number of carbonyl (C=O) groups excluding carboxylic acids is 2. The lowest BCUT2D eigenvalue weighted by Crippen LogP contribution is -2.31. The Bertz CT molecular complexity index is 535. The zero-order valence-electron chi connectivity index (χ0n) is 12.7. The molecule has 1 aromatic rings. The van der Waals surface area contributed by atoms with Gasteiger partial charge in [-0.3, -0.25) is 9.59 Å². The van der Waals surface area contributed by atoms with E-state index in [9.17, 15) is 9.59 Å². The molecular formula is C17H22N2O3. The Hall–Kier alpha value is -1.88. The fourth-order valence-electron chi connectivity index (χ4n) is 2.97. The predicted molar refractivity (Wildman–Crippen MR) is 82.4 cm³/mol. The van der Waals surface area contributed by atoms with Crippen molar-refractivity contribution in [2.75, 3.05) is 19.7 Å². The summed E-state index contributed by atoms with van der Waals surface area (Å²) in [4.78, 5) is 25.6. The van der Waals surface area contributed by atoms with Gasteiger partial charge in [-0.2, -0.15) is 0 Å². The van der Waals surface area contributed by atoms with Gasteiger partial charge in [0.2, 0.25) is 5.91 Å². The lowest BCUT2D eigenvalue weighted by molar-refractivity contribution is -0.128. The molecule has 0 aromatic heterocycles. The lowest BCUT2D eigenvalue weighted by Gasteiger charge is -2.15. The Balaban J connectivity index is 1.51. The molecule has 2 heterocycles. The van der Waals surface area contributed by atoms with Gasteiger partial charge in [0, 0.05) is 38.2 Å². The first-order chi connectivity index (χ1) is 10.7. The zero-order valence-corrected chi connectivity index (χ0v) is 12.7. The summed E-state index contributed by atoms with van der Waals surface area (Å²) >= 11 is 0. The molecule has 2 fully saturated rings. The largest absolute Gasteiger partial charge is 0.376 e. The molecule has 2 amide bonds. The van der Waals surface area contributed by atoms with Gasteiger partial charge in [-0.1, -0.05) is 12.1 Å². The van der Waals surface area contributed by atoms with E-state index in [2.05, 4.69) is 5.32 Å². The van der Waals surface area contributed by atoms with Crippen molar-refractivity contribution in [2.24, 2.45) is 0 Å². The van der Waals surface area contributed by atoms with E-state index in [4.69, 9.17) is 4.74 Å². The van der Waals surface area contributed by atoms with Crippen molar-refractivity contribution in [3.8, 4) is 0 Å². The smallest absolute Gasteiger partial charge is 0.251 e. The molecule has 0 saturated carbocycles. The van der Waals surface area contributed by atoms with Crippen LogP contribution in [0.4, 0.5) is 0 Å². The van der Waals surface area contributed by atoms with Crippen LogP contribution in [-0.4, -0.2) is 42.5 Å². The minimum atomic E-state index is -0.0701. The summed E-state index contributed by atoms with van der Waals surface area (Å²) < 4.78 is 5.49. The lowest BCUT2D eigenvalue weighted by atomic mass is 10.1. The molecule has 1 atom stereocenters. The highest BCUT2D eigenvalue weighted by molar-refractivity contribution is 5.94. The van der Waals surface area contributed by atoms with Crippen LogP contribution in [0, 0.1) is 0 Å². The van der Waals surface area contributed by atoms with Gasteiger partial charge in [-0.25, -0.2) is 0 Å². The number of ether oxygens (including phenoxy) is 1. The normalized spacial score (nSPS) is 21.4. The van der Waals surface area contributed by atoms with Crippen molar-refractivity contribution < 1.29 is 14.3 Å². The molecule has 1 aromatic carbocycles. The number of nitrogens with one attached hydrogen (secondary N) is 1. The third kappa shape index (κ3) is 3.65. The second-order valence-electron chi connectivity index (χ2n) is 5.96. The summed E-state index contributed by atoms with van der Waals surface area (Å²) in [5.74, 6) is 0.151. The number of hydrogen-bond acceptors (Lipinski definition) is 3. The Morgan fingerprint density at radius 1 is 1.27 bits per heavy atom. The highest BCUT2D eigenvalue weighted by Gasteiger charge is 2.20. The van der Waals surface area contributed by atoms with E-state index in [0.717, 1.165) is 38.0 Å². The summed E-state index contributed by atoms with van der Waals surface area (Å²) in [6, 6.07) is 7.49. The van der Waals surface area contributed by atoms with Crippen molar-refractivity contribution in [2.45, 2.75) is 38.3 Å². The van der Waals surface area contributed by atoms with Crippen LogP contribution in [0.25, 0.3) is 0 Å². The molecule has 0 radical (unpaired) electrons. The molecule has 5 heteroatoms. The van der Waals surface area contributed by atoms with Crippen LogP contribution >= 0.6 is 0 Å².